The van der Waals surface area contributed by atoms with E-state index in [1.165, 1.54) is 12.5 Å². The number of rotatable bonds is 6. The van der Waals surface area contributed by atoms with E-state index in [1.807, 2.05) is 12.1 Å². The fourth-order valence-electron chi connectivity index (χ4n) is 3.69. The average Bonchev–Trinajstić information content (AvgIpc) is 3.31. The standard InChI is InChI=1S/C21H20BrClFN5O2/c1-11-6-17(18(24)19(11)30)27-21-14(8-25-10-26-21)20(31)16-4-5-29(28-16)9-12-7-13(22)2-3-15(12)23/h2-5,7-8,10-11,17-19,30H,6,9H2,1H3,(H,25,26,27)/t11-,17-,18-,19-/m1/s1. The zero-order chi connectivity index (χ0) is 22.1. The van der Waals surface area contributed by atoms with Crippen LogP contribution in [0.2, 0.25) is 5.02 Å². The van der Waals surface area contributed by atoms with E-state index in [0.717, 1.165) is 10.0 Å². The van der Waals surface area contributed by atoms with Crippen molar-refractivity contribution in [2.75, 3.05) is 5.32 Å². The summed E-state index contributed by atoms with van der Waals surface area (Å²) in [6, 6.07) is 6.49. The molecule has 0 spiro atoms. The summed E-state index contributed by atoms with van der Waals surface area (Å²) >= 11 is 9.66. The monoisotopic (exact) mass is 507 g/mol. The minimum atomic E-state index is -1.44. The molecule has 2 N–H and O–H groups in total. The summed E-state index contributed by atoms with van der Waals surface area (Å²) in [7, 11) is 0. The maximum absolute atomic E-state index is 14.4. The Morgan fingerprint density at radius 1 is 1.42 bits per heavy atom. The van der Waals surface area contributed by atoms with Crippen LogP contribution < -0.4 is 5.32 Å². The van der Waals surface area contributed by atoms with Crippen LogP contribution in [0.25, 0.3) is 0 Å². The van der Waals surface area contributed by atoms with Gasteiger partial charge >= 0.3 is 0 Å². The zero-order valence-electron chi connectivity index (χ0n) is 16.5. The van der Waals surface area contributed by atoms with Crippen molar-refractivity contribution < 1.29 is 14.3 Å². The van der Waals surface area contributed by atoms with Crippen LogP contribution in [0.15, 0.2) is 47.5 Å². The second-order valence-electron chi connectivity index (χ2n) is 7.65. The molecule has 0 unspecified atom stereocenters. The highest BCUT2D eigenvalue weighted by atomic mass is 79.9. The van der Waals surface area contributed by atoms with E-state index in [0.29, 0.717) is 18.0 Å². The van der Waals surface area contributed by atoms with Crippen LogP contribution in [-0.2, 0) is 6.54 Å². The lowest BCUT2D eigenvalue weighted by Crippen LogP contribution is -2.32. The number of nitrogens with one attached hydrogen (secondary N) is 1. The third kappa shape index (κ3) is 4.63. The van der Waals surface area contributed by atoms with Gasteiger partial charge in [-0.1, -0.05) is 34.5 Å². The number of ketones is 1. The lowest BCUT2D eigenvalue weighted by atomic mass is 10.1. The summed E-state index contributed by atoms with van der Waals surface area (Å²) in [6.07, 6.45) is 2.30. The highest BCUT2D eigenvalue weighted by Gasteiger charge is 2.41. The average molecular weight is 509 g/mol. The fourth-order valence-corrected chi connectivity index (χ4v) is 4.28. The van der Waals surface area contributed by atoms with Gasteiger partial charge in [0.15, 0.2) is 0 Å². The molecule has 0 amide bonds. The van der Waals surface area contributed by atoms with Crippen molar-refractivity contribution in [3.8, 4) is 0 Å². The topological polar surface area (TPSA) is 92.9 Å². The Morgan fingerprint density at radius 2 is 2.23 bits per heavy atom. The zero-order valence-corrected chi connectivity index (χ0v) is 18.9. The Morgan fingerprint density at radius 3 is 2.97 bits per heavy atom. The van der Waals surface area contributed by atoms with Gasteiger partial charge in [0.1, 0.15) is 24.0 Å². The van der Waals surface area contributed by atoms with Crippen LogP contribution in [0.1, 0.15) is 35.0 Å². The maximum Gasteiger partial charge on any atom is 0.218 e. The molecule has 0 bridgehead atoms. The minimum absolute atomic E-state index is 0.186. The molecular formula is C21H20BrClFN5O2. The molecule has 1 aromatic carbocycles. The molecule has 1 saturated carbocycles. The lowest BCUT2D eigenvalue weighted by molar-refractivity contribution is 0.0725. The minimum Gasteiger partial charge on any atom is -0.390 e. The van der Waals surface area contributed by atoms with Crippen molar-refractivity contribution in [3.63, 3.8) is 0 Å². The summed E-state index contributed by atoms with van der Waals surface area (Å²) in [4.78, 5) is 21.1. The summed E-state index contributed by atoms with van der Waals surface area (Å²) in [5.41, 5.74) is 1.25. The molecular weight excluding hydrogens is 489 g/mol. The van der Waals surface area contributed by atoms with Crippen LogP contribution >= 0.6 is 27.5 Å². The molecule has 1 aliphatic carbocycles. The Kier molecular flexibility index (Phi) is 6.36. The number of nitrogens with zero attached hydrogens (tertiary/aromatic N) is 4. The van der Waals surface area contributed by atoms with E-state index in [4.69, 9.17) is 11.6 Å². The Hall–Kier alpha value is -2.36. The molecule has 4 atom stereocenters. The van der Waals surface area contributed by atoms with E-state index >= 15 is 0 Å². The first-order valence-electron chi connectivity index (χ1n) is 9.74. The molecule has 0 saturated heterocycles. The highest BCUT2D eigenvalue weighted by Crippen LogP contribution is 2.31. The van der Waals surface area contributed by atoms with Crippen LogP contribution in [0, 0.1) is 5.92 Å². The number of aliphatic hydroxyl groups is 1. The molecule has 162 valence electrons. The Labute approximate surface area is 191 Å². The smallest absolute Gasteiger partial charge is 0.218 e. The molecule has 0 aliphatic heterocycles. The summed E-state index contributed by atoms with van der Waals surface area (Å²) in [5.74, 6) is -0.350. The highest BCUT2D eigenvalue weighted by molar-refractivity contribution is 9.10. The van der Waals surface area contributed by atoms with Gasteiger partial charge in [-0.3, -0.25) is 9.48 Å². The molecule has 0 radical (unpaired) electrons. The summed E-state index contributed by atoms with van der Waals surface area (Å²) < 4.78 is 16.9. The fraction of sp³-hybridized carbons (Fsp3) is 0.333. The van der Waals surface area contributed by atoms with E-state index in [9.17, 15) is 14.3 Å². The largest absolute Gasteiger partial charge is 0.390 e. The van der Waals surface area contributed by atoms with Crippen molar-refractivity contribution in [2.45, 2.75) is 38.2 Å². The quantitative estimate of drug-likeness (QED) is 0.491. The third-order valence-corrected chi connectivity index (χ3v) is 6.27. The van der Waals surface area contributed by atoms with E-state index in [2.05, 4.69) is 36.3 Å². The van der Waals surface area contributed by atoms with Crippen LogP contribution in [0.5, 0.6) is 0 Å². The molecule has 31 heavy (non-hydrogen) atoms. The second-order valence-corrected chi connectivity index (χ2v) is 8.97. The van der Waals surface area contributed by atoms with E-state index < -0.39 is 18.3 Å². The Bertz CT molecular complexity index is 1110. The van der Waals surface area contributed by atoms with Crippen molar-refractivity contribution in [2.24, 2.45) is 5.92 Å². The predicted molar refractivity (Wildman–Crippen MR) is 118 cm³/mol. The van der Waals surface area contributed by atoms with Gasteiger partial charge in [-0.2, -0.15) is 5.10 Å². The first-order valence-corrected chi connectivity index (χ1v) is 10.9. The van der Waals surface area contributed by atoms with Crippen LogP contribution in [0.3, 0.4) is 0 Å². The number of alkyl halides is 1. The molecule has 10 heteroatoms. The second kappa shape index (κ2) is 9.02. The van der Waals surface area contributed by atoms with Gasteiger partial charge in [0.2, 0.25) is 5.78 Å². The molecule has 2 aromatic heterocycles. The summed E-state index contributed by atoms with van der Waals surface area (Å²) in [6.45, 7) is 2.18. The number of anilines is 1. The third-order valence-electron chi connectivity index (χ3n) is 5.41. The van der Waals surface area contributed by atoms with Gasteiger partial charge in [0.05, 0.1) is 24.3 Å². The predicted octanol–water partition coefficient (Wildman–Crippen LogP) is 3.89. The SMILES string of the molecule is C[C@@H]1C[C@@H](Nc2ncncc2C(=O)c2ccn(Cc3cc(Br)ccc3Cl)n2)[C@@H](F)[C@@H]1O. The Balaban J connectivity index is 1.54. The molecule has 3 aromatic rings. The van der Waals surface area contributed by atoms with Crippen LogP contribution in [0.4, 0.5) is 10.2 Å². The number of benzene rings is 1. The van der Waals surface area contributed by atoms with Gasteiger partial charge in [0, 0.05) is 21.9 Å². The molecule has 1 aliphatic rings. The lowest BCUT2D eigenvalue weighted by Gasteiger charge is -2.18. The van der Waals surface area contributed by atoms with E-state index in [-0.39, 0.29) is 28.8 Å². The van der Waals surface area contributed by atoms with Gasteiger partial charge in [-0.05, 0) is 42.2 Å². The summed E-state index contributed by atoms with van der Waals surface area (Å²) in [5, 5.41) is 17.8. The molecule has 1 fully saturated rings. The van der Waals surface area contributed by atoms with Gasteiger partial charge in [0.25, 0.3) is 0 Å². The van der Waals surface area contributed by atoms with Crippen LogP contribution in [-0.4, -0.2) is 49.0 Å². The molecule has 7 nitrogen and oxygen atoms in total. The number of aliphatic hydroxyl groups excluding tert-OH is 1. The van der Waals surface area contributed by atoms with Gasteiger partial charge in [-0.25, -0.2) is 14.4 Å². The number of hydrogen-bond donors (Lipinski definition) is 2. The van der Waals surface area contributed by atoms with Crippen molar-refractivity contribution in [1.82, 2.24) is 19.7 Å². The molecule has 4 rings (SSSR count). The first-order chi connectivity index (χ1) is 14.8. The van der Waals surface area contributed by atoms with Gasteiger partial charge < -0.3 is 10.4 Å². The number of aromatic nitrogens is 4. The van der Waals surface area contributed by atoms with Crippen molar-refractivity contribution in [1.29, 1.82) is 0 Å². The number of halogens is 3. The maximum atomic E-state index is 14.4. The number of hydrogen-bond acceptors (Lipinski definition) is 6. The van der Waals surface area contributed by atoms with Crippen molar-refractivity contribution in [3.05, 3.63) is 69.3 Å². The first kappa shape index (κ1) is 21.9. The molecule has 2 heterocycles. The van der Waals surface area contributed by atoms with E-state index in [1.54, 1.807) is 29.9 Å². The number of carbonyl (C=O) groups is 1. The number of carbonyl (C=O) groups excluding carboxylic acids is 1. The van der Waals surface area contributed by atoms with Crippen molar-refractivity contribution >= 4 is 39.1 Å². The van der Waals surface area contributed by atoms with Gasteiger partial charge in [-0.15, -0.1) is 0 Å². The normalized spacial score (nSPS) is 23.1.